The number of benzene rings is 1. The topological polar surface area (TPSA) is 50.7 Å². The summed E-state index contributed by atoms with van der Waals surface area (Å²) in [5.74, 6) is 0.716. The molecule has 0 unspecified atom stereocenters. The molecule has 1 aromatic carbocycles. The van der Waals surface area contributed by atoms with Crippen LogP contribution in [0.15, 0.2) is 48.9 Å². The summed E-state index contributed by atoms with van der Waals surface area (Å²) >= 11 is 7.29. The van der Waals surface area contributed by atoms with Gasteiger partial charge in [0.05, 0.1) is 30.8 Å². The fraction of sp³-hybridized carbons (Fsp3) is 0.0714. The molecule has 0 fully saturated rings. The Balaban J connectivity index is 1.67. The second-order valence-corrected chi connectivity index (χ2v) is 5.82. The van der Waals surface area contributed by atoms with E-state index in [4.69, 9.17) is 11.6 Å². The van der Waals surface area contributed by atoms with Crippen molar-refractivity contribution in [3.05, 3.63) is 58.3 Å². The van der Waals surface area contributed by atoms with Crippen LogP contribution in [0.25, 0.3) is 11.4 Å². The van der Waals surface area contributed by atoms with Gasteiger partial charge in [0.25, 0.3) is 0 Å². The molecule has 0 amide bonds. The van der Waals surface area contributed by atoms with E-state index in [-0.39, 0.29) is 0 Å². The molecule has 0 bridgehead atoms. The summed E-state index contributed by atoms with van der Waals surface area (Å²) in [4.78, 5) is 12.9. The molecule has 1 N–H and O–H groups in total. The molecule has 0 atom stereocenters. The highest BCUT2D eigenvalue weighted by atomic mass is 35.5. The molecule has 2 heterocycles. The number of aromatic nitrogens is 3. The number of nitrogens with zero attached hydrogens (tertiary/aromatic N) is 3. The fourth-order valence-corrected chi connectivity index (χ4v) is 2.60. The Bertz CT molecular complexity index is 682. The minimum atomic E-state index is 0.616. The van der Waals surface area contributed by atoms with Gasteiger partial charge in [-0.3, -0.25) is 0 Å². The molecule has 0 aliphatic carbocycles. The van der Waals surface area contributed by atoms with Crippen molar-refractivity contribution in [1.29, 1.82) is 0 Å². The lowest BCUT2D eigenvalue weighted by molar-refractivity contribution is 1.08. The van der Waals surface area contributed by atoms with E-state index in [1.807, 2.05) is 30.3 Å². The van der Waals surface area contributed by atoms with Crippen LogP contribution in [0.5, 0.6) is 0 Å². The Morgan fingerprint density at radius 3 is 2.40 bits per heavy atom. The second-order valence-electron chi connectivity index (χ2n) is 4.07. The second kappa shape index (κ2) is 5.98. The summed E-state index contributed by atoms with van der Waals surface area (Å²) in [5.41, 5.74) is 1.86. The quantitative estimate of drug-likeness (QED) is 0.795. The minimum absolute atomic E-state index is 0.616. The minimum Gasteiger partial charge on any atom is -0.376 e. The fourth-order valence-electron chi connectivity index (χ4n) is 1.70. The van der Waals surface area contributed by atoms with Gasteiger partial charge in [-0.05, 0) is 0 Å². The van der Waals surface area contributed by atoms with Crippen LogP contribution in [0.2, 0.25) is 4.34 Å². The molecule has 100 valence electrons. The summed E-state index contributed by atoms with van der Waals surface area (Å²) in [6.45, 7) is 0.616. The molecule has 0 spiro atoms. The Labute approximate surface area is 125 Å². The first-order valence-corrected chi connectivity index (χ1v) is 7.22. The number of rotatable bonds is 4. The number of hydrogen-bond acceptors (Lipinski definition) is 5. The third-order valence-electron chi connectivity index (χ3n) is 2.65. The third-order valence-corrected chi connectivity index (χ3v) is 3.77. The normalized spacial score (nSPS) is 10.4. The number of thiazole rings is 1. The number of nitrogens with one attached hydrogen (secondary N) is 1. The maximum absolute atomic E-state index is 5.83. The molecule has 2 aromatic heterocycles. The average Bonchev–Trinajstić information content (AvgIpc) is 2.92. The molecule has 0 aliphatic rings. The van der Waals surface area contributed by atoms with Crippen molar-refractivity contribution in [2.75, 3.05) is 5.32 Å². The van der Waals surface area contributed by atoms with Gasteiger partial charge >= 0.3 is 0 Å². The Morgan fingerprint density at radius 1 is 1.00 bits per heavy atom. The monoisotopic (exact) mass is 302 g/mol. The zero-order chi connectivity index (χ0) is 13.8. The maximum Gasteiger partial charge on any atom is 0.159 e. The predicted octanol–water partition coefficient (Wildman–Crippen LogP) is 3.87. The zero-order valence-electron chi connectivity index (χ0n) is 10.5. The SMILES string of the molecule is Clc1cnc(CNc2cnc(-c3ccccc3)nc2)s1. The summed E-state index contributed by atoms with van der Waals surface area (Å²) in [5, 5.41) is 4.15. The van der Waals surface area contributed by atoms with E-state index >= 15 is 0 Å². The van der Waals surface area contributed by atoms with Gasteiger partial charge in [-0.15, -0.1) is 11.3 Å². The largest absolute Gasteiger partial charge is 0.376 e. The molecule has 4 nitrogen and oxygen atoms in total. The van der Waals surface area contributed by atoms with Gasteiger partial charge in [0.2, 0.25) is 0 Å². The van der Waals surface area contributed by atoms with Gasteiger partial charge in [0.15, 0.2) is 5.82 Å². The smallest absolute Gasteiger partial charge is 0.159 e. The highest BCUT2D eigenvalue weighted by Gasteiger charge is 2.02. The summed E-state index contributed by atoms with van der Waals surface area (Å²) in [6.07, 6.45) is 5.19. The maximum atomic E-state index is 5.83. The van der Waals surface area contributed by atoms with Crippen LogP contribution in [0.4, 0.5) is 5.69 Å². The van der Waals surface area contributed by atoms with E-state index in [1.54, 1.807) is 18.6 Å². The number of anilines is 1. The van der Waals surface area contributed by atoms with E-state index in [9.17, 15) is 0 Å². The van der Waals surface area contributed by atoms with Gasteiger partial charge in [0.1, 0.15) is 9.34 Å². The first kappa shape index (κ1) is 13.0. The van der Waals surface area contributed by atoms with Crippen molar-refractivity contribution >= 4 is 28.6 Å². The van der Waals surface area contributed by atoms with Gasteiger partial charge in [-0.2, -0.15) is 0 Å². The average molecular weight is 303 g/mol. The third kappa shape index (κ3) is 3.12. The lowest BCUT2D eigenvalue weighted by atomic mass is 10.2. The van der Waals surface area contributed by atoms with Crippen LogP contribution < -0.4 is 5.32 Å². The van der Waals surface area contributed by atoms with E-state index in [1.165, 1.54) is 11.3 Å². The van der Waals surface area contributed by atoms with Crippen molar-refractivity contribution in [2.45, 2.75) is 6.54 Å². The summed E-state index contributed by atoms with van der Waals surface area (Å²) in [7, 11) is 0. The van der Waals surface area contributed by atoms with E-state index < -0.39 is 0 Å². The van der Waals surface area contributed by atoms with E-state index in [0.29, 0.717) is 16.7 Å². The van der Waals surface area contributed by atoms with Crippen LogP contribution in [0.3, 0.4) is 0 Å². The van der Waals surface area contributed by atoms with Gasteiger partial charge in [-0.1, -0.05) is 41.9 Å². The lowest BCUT2D eigenvalue weighted by Crippen LogP contribution is -2.00. The Kier molecular flexibility index (Phi) is 3.90. The van der Waals surface area contributed by atoms with Crippen molar-refractivity contribution in [3.63, 3.8) is 0 Å². The molecule has 3 rings (SSSR count). The molecule has 0 radical (unpaired) electrons. The van der Waals surface area contributed by atoms with Crippen molar-refractivity contribution in [3.8, 4) is 11.4 Å². The highest BCUT2D eigenvalue weighted by molar-refractivity contribution is 7.15. The molecule has 0 aliphatic heterocycles. The zero-order valence-corrected chi connectivity index (χ0v) is 12.0. The Hall–Kier alpha value is -1.98. The van der Waals surface area contributed by atoms with Crippen LogP contribution >= 0.6 is 22.9 Å². The van der Waals surface area contributed by atoms with Gasteiger partial charge in [0, 0.05) is 5.56 Å². The highest BCUT2D eigenvalue weighted by Crippen LogP contribution is 2.19. The van der Waals surface area contributed by atoms with Crippen molar-refractivity contribution < 1.29 is 0 Å². The summed E-state index contributed by atoms with van der Waals surface area (Å²) < 4.78 is 0.692. The molecule has 6 heteroatoms. The lowest BCUT2D eigenvalue weighted by Gasteiger charge is -2.04. The summed E-state index contributed by atoms with van der Waals surface area (Å²) in [6, 6.07) is 9.88. The van der Waals surface area contributed by atoms with E-state index in [0.717, 1.165) is 16.3 Å². The van der Waals surface area contributed by atoms with Crippen LogP contribution in [0, 0.1) is 0 Å². The molecule has 0 saturated heterocycles. The molecule has 20 heavy (non-hydrogen) atoms. The molecule has 3 aromatic rings. The van der Waals surface area contributed by atoms with Crippen molar-refractivity contribution in [2.24, 2.45) is 0 Å². The Morgan fingerprint density at radius 2 is 1.75 bits per heavy atom. The van der Waals surface area contributed by atoms with E-state index in [2.05, 4.69) is 20.3 Å². The first-order chi connectivity index (χ1) is 9.81. The first-order valence-electron chi connectivity index (χ1n) is 6.03. The van der Waals surface area contributed by atoms with Gasteiger partial charge < -0.3 is 5.32 Å². The van der Waals surface area contributed by atoms with Gasteiger partial charge in [-0.25, -0.2) is 15.0 Å². The molecular formula is C14H11ClN4S. The predicted molar refractivity (Wildman–Crippen MR) is 81.9 cm³/mol. The van der Waals surface area contributed by atoms with Crippen LogP contribution in [0.1, 0.15) is 5.01 Å². The standard InChI is InChI=1S/C14H11ClN4S/c15-12-8-17-13(20-12)9-16-11-6-18-14(19-7-11)10-4-2-1-3-5-10/h1-8,16H,9H2. The van der Waals surface area contributed by atoms with Crippen molar-refractivity contribution in [1.82, 2.24) is 15.0 Å². The number of hydrogen-bond donors (Lipinski definition) is 1. The molecular weight excluding hydrogens is 292 g/mol. The number of halogens is 1. The van der Waals surface area contributed by atoms with Crippen LogP contribution in [-0.4, -0.2) is 15.0 Å². The van der Waals surface area contributed by atoms with Crippen LogP contribution in [-0.2, 0) is 6.54 Å². The molecule has 0 saturated carbocycles.